The van der Waals surface area contributed by atoms with Crippen molar-refractivity contribution >= 4 is 5.97 Å². The van der Waals surface area contributed by atoms with Gasteiger partial charge in [-0.1, -0.05) is 39.3 Å². The van der Waals surface area contributed by atoms with E-state index in [1.807, 2.05) is 6.92 Å². The standard InChI is InChI=1S/C12H19FO2/c1-5-6-7-8-11(13)10(4)15-12(14)9(2)3/h11H,2,4-8H2,1,3H3. The quantitative estimate of drug-likeness (QED) is 0.280. The molecule has 86 valence electrons. The van der Waals surface area contributed by atoms with E-state index < -0.39 is 12.1 Å². The predicted octanol–water partition coefficient (Wildman–Crippen LogP) is 3.54. The molecule has 0 saturated carbocycles. The van der Waals surface area contributed by atoms with E-state index >= 15 is 0 Å². The third-order valence-electron chi connectivity index (χ3n) is 1.98. The van der Waals surface area contributed by atoms with Crippen LogP contribution >= 0.6 is 0 Å². The van der Waals surface area contributed by atoms with Gasteiger partial charge in [0, 0.05) is 5.57 Å². The molecule has 0 radical (unpaired) electrons. The summed E-state index contributed by atoms with van der Waals surface area (Å²) >= 11 is 0. The van der Waals surface area contributed by atoms with Crippen LogP contribution in [0.5, 0.6) is 0 Å². The van der Waals surface area contributed by atoms with Crippen molar-refractivity contribution in [2.45, 2.75) is 45.7 Å². The van der Waals surface area contributed by atoms with Gasteiger partial charge in [0.15, 0.2) is 6.17 Å². The lowest BCUT2D eigenvalue weighted by Crippen LogP contribution is -2.12. The summed E-state index contributed by atoms with van der Waals surface area (Å²) in [5.41, 5.74) is 0.247. The van der Waals surface area contributed by atoms with Crippen molar-refractivity contribution in [3.8, 4) is 0 Å². The maximum Gasteiger partial charge on any atom is 0.338 e. The van der Waals surface area contributed by atoms with E-state index in [9.17, 15) is 9.18 Å². The van der Waals surface area contributed by atoms with E-state index in [1.54, 1.807) is 0 Å². The van der Waals surface area contributed by atoms with E-state index in [1.165, 1.54) is 6.92 Å². The van der Waals surface area contributed by atoms with Crippen molar-refractivity contribution in [3.63, 3.8) is 0 Å². The molecule has 0 aliphatic carbocycles. The van der Waals surface area contributed by atoms with Crippen molar-refractivity contribution in [1.82, 2.24) is 0 Å². The summed E-state index contributed by atoms with van der Waals surface area (Å²) in [5.74, 6) is -0.725. The third-order valence-corrected chi connectivity index (χ3v) is 1.98. The van der Waals surface area contributed by atoms with Gasteiger partial charge >= 0.3 is 5.97 Å². The van der Waals surface area contributed by atoms with Crippen LogP contribution in [0.1, 0.15) is 39.5 Å². The number of alkyl halides is 1. The van der Waals surface area contributed by atoms with Crippen molar-refractivity contribution in [2.24, 2.45) is 0 Å². The first-order chi connectivity index (χ1) is 6.99. The van der Waals surface area contributed by atoms with Gasteiger partial charge in [-0.2, -0.15) is 0 Å². The number of rotatable bonds is 7. The molecule has 0 aliphatic rings. The van der Waals surface area contributed by atoms with Crippen LogP contribution in [0.25, 0.3) is 0 Å². The molecule has 0 heterocycles. The predicted molar refractivity (Wildman–Crippen MR) is 59.1 cm³/mol. The Balaban J connectivity index is 3.88. The minimum Gasteiger partial charge on any atom is -0.425 e. The van der Waals surface area contributed by atoms with Gasteiger partial charge in [0.1, 0.15) is 5.76 Å². The van der Waals surface area contributed by atoms with Crippen molar-refractivity contribution in [2.75, 3.05) is 0 Å². The van der Waals surface area contributed by atoms with E-state index in [0.29, 0.717) is 6.42 Å². The molecule has 0 N–H and O–H groups in total. The fourth-order valence-electron chi connectivity index (χ4n) is 1.00. The Bertz CT molecular complexity index is 246. The van der Waals surface area contributed by atoms with E-state index in [4.69, 9.17) is 4.74 Å². The molecule has 0 aromatic rings. The highest BCUT2D eigenvalue weighted by Crippen LogP contribution is 2.15. The first-order valence-electron chi connectivity index (χ1n) is 5.19. The molecule has 0 bridgehead atoms. The summed E-state index contributed by atoms with van der Waals surface area (Å²) in [6, 6.07) is 0. The average molecular weight is 214 g/mol. The highest BCUT2D eigenvalue weighted by Gasteiger charge is 2.15. The molecule has 2 nitrogen and oxygen atoms in total. The number of hydrogen-bond donors (Lipinski definition) is 0. The van der Waals surface area contributed by atoms with Crippen LogP contribution < -0.4 is 0 Å². The number of ether oxygens (including phenoxy) is 1. The van der Waals surface area contributed by atoms with Gasteiger partial charge in [-0.15, -0.1) is 0 Å². The Hall–Kier alpha value is -1.12. The van der Waals surface area contributed by atoms with Gasteiger partial charge < -0.3 is 4.74 Å². The maximum absolute atomic E-state index is 13.3. The minimum atomic E-state index is -1.26. The Morgan fingerprint density at radius 2 is 2.00 bits per heavy atom. The summed E-state index contributed by atoms with van der Waals surface area (Å²) in [6.07, 6.45) is 1.88. The number of halogens is 1. The molecule has 15 heavy (non-hydrogen) atoms. The van der Waals surface area contributed by atoms with Crippen LogP contribution in [0, 0.1) is 0 Å². The molecule has 0 saturated heterocycles. The van der Waals surface area contributed by atoms with Gasteiger partial charge in [-0.25, -0.2) is 9.18 Å². The van der Waals surface area contributed by atoms with Crippen molar-refractivity contribution < 1.29 is 13.9 Å². The van der Waals surface area contributed by atoms with Crippen LogP contribution in [-0.4, -0.2) is 12.1 Å². The van der Waals surface area contributed by atoms with Gasteiger partial charge in [0.05, 0.1) is 0 Å². The van der Waals surface area contributed by atoms with Crippen LogP contribution in [0.4, 0.5) is 4.39 Å². The van der Waals surface area contributed by atoms with Gasteiger partial charge in [-0.3, -0.25) is 0 Å². The molecule has 3 heteroatoms. The second-order valence-corrected chi connectivity index (χ2v) is 3.60. The van der Waals surface area contributed by atoms with Crippen molar-refractivity contribution in [1.29, 1.82) is 0 Å². The molecule has 1 atom stereocenters. The van der Waals surface area contributed by atoms with Crippen LogP contribution in [0.15, 0.2) is 24.5 Å². The summed E-state index contributed by atoms with van der Waals surface area (Å²) in [5, 5.41) is 0. The Labute approximate surface area is 90.8 Å². The Morgan fingerprint density at radius 1 is 1.40 bits per heavy atom. The summed E-state index contributed by atoms with van der Waals surface area (Å²) in [4.78, 5) is 11.0. The molecule has 0 aromatic carbocycles. The van der Waals surface area contributed by atoms with E-state index in [-0.39, 0.29) is 11.3 Å². The SMILES string of the molecule is C=C(C)C(=O)OC(=C)C(F)CCCCC. The zero-order valence-corrected chi connectivity index (χ0v) is 9.51. The van der Waals surface area contributed by atoms with Crippen LogP contribution in [0.3, 0.4) is 0 Å². The Kier molecular flexibility index (Phi) is 6.67. The molecule has 0 fully saturated rings. The first kappa shape index (κ1) is 13.9. The summed E-state index contributed by atoms with van der Waals surface area (Å²) < 4.78 is 18.0. The van der Waals surface area contributed by atoms with Crippen molar-refractivity contribution in [3.05, 3.63) is 24.5 Å². The molecule has 0 aromatic heterocycles. The van der Waals surface area contributed by atoms with Crippen LogP contribution in [0.2, 0.25) is 0 Å². The number of allylic oxidation sites excluding steroid dienone is 1. The normalized spacial score (nSPS) is 11.9. The van der Waals surface area contributed by atoms with Gasteiger partial charge in [-0.05, 0) is 13.3 Å². The van der Waals surface area contributed by atoms with E-state index in [2.05, 4.69) is 13.2 Å². The highest BCUT2D eigenvalue weighted by atomic mass is 19.1. The number of esters is 1. The summed E-state index contributed by atoms with van der Waals surface area (Å²) in [6.45, 7) is 10.4. The fourth-order valence-corrected chi connectivity index (χ4v) is 1.00. The lowest BCUT2D eigenvalue weighted by Gasteiger charge is -2.11. The average Bonchev–Trinajstić information content (AvgIpc) is 2.17. The largest absolute Gasteiger partial charge is 0.425 e. The van der Waals surface area contributed by atoms with Crippen LogP contribution in [-0.2, 0) is 9.53 Å². The number of carbonyl (C=O) groups excluding carboxylic acids is 1. The molecular formula is C12H19FO2. The molecule has 0 amide bonds. The zero-order valence-electron chi connectivity index (χ0n) is 9.51. The molecular weight excluding hydrogens is 195 g/mol. The number of hydrogen-bond acceptors (Lipinski definition) is 2. The molecule has 0 rings (SSSR count). The molecule has 1 unspecified atom stereocenters. The highest BCUT2D eigenvalue weighted by molar-refractivity contribution is 5.87. The molecule has 0 spiro atoms. The monoisotopic (exact) mass is 214 g/mol. The second kappa shape index (κ2) is 7.21. The third kappa shape index (κ3) is 6.05. The van der Waals surface area contributed by atoms with Gasteiger partial charge in [0.2, 0.25) is 0 Å². The van der Waals surface area contributed by atoms with Gasteiger partial charge in [0.25, 0.3) is 0 Å². The van der Waals surface area contributed by atoms with E-state index in [0.717, 1.165) is 19.3 Å². The number of carbonyl (C=O) groups is 1. The topological polar surface area (TPSA) is 26.3 Å². The maximum atomic E-state index is 13.3. The lowest BCUT2D eigenvalue weighted by molar-refractivity contribution is -0.135. The molecule has 0 aliphatic heterocycles. The Morgan fingerprint density at radius 3 is 2.47 bits per heavy atom. The number of unbranched alkanes of at least 4 members (excludes halogenated alkanes) is 2. The first-order valence-corrected chi connectivity index (χ1v) is 5.19. The smallest absolute Gasteiger partial charge is 0.338 e. The lowest BCUT2D eigenvalue weighted by atomic mass is 10.1. The second-order valence-electron chi connectivity index (χ2n) is 3.60. The minimum absolute atomic E-state index is 0.112. The fraction of sp³-hybridized carbons (Fsp3) is 0.583. The zero-order chi connectivity index (χ0) is 11.8. The summed E-state index contributed by atoms with van der Waals surface area (Å²) in [7, 11) is 0.